The van der Waals surface area contributed by atoms with Crippen LogP contribution in [0.4, 0.5) is 10.3 Å². The van der Waals surface area contributed by atoms with Crippen LogP contribution in [0.5, 0.6) is 0 Å². The van der Waals surface area contributed by atoms with Crippen LogP contribution in [0.3, 0.4) is 0 Å². The van der Waals surface area contributed by atoms with Crippen molar-refractivity contribution in [3.8, 4) is 0 Å². The molecule has 2 aromatic heterocycles. The second-order valence-electron chi connectivity index (χ2n) is 5.97. The van der Waals surface area contributed by atoms with Crippen molar-refractivity contribution in [3.63, 3.8) is 0 Å². The molecule has 0 saturated carbocycles. The summed E-state index contributed by atoms with van der Waals surface area (Å²) in [4.78, 5) is 16.1. The lowest BCUT2D eigenvalue weighted by Crippen LogP contribution is -2.16. The lowest BCUT2D eigenvalue weighted by atomic mass is 10.2. The average molecular weight is 411 g/mol. The maximum absolute atomic E-state index is 13.8. The molecule has 10 heteroatoms. The van der Waals surface area contributed by atoms with Crippen molar-refractivity contribution in [1.29, 1.82) is 0 Å². The zero-order valence-electron chi connectivity index (χ0n) is 14.7. The van der Waals surface area contributed by atoms with Crippen molar-refractivity contribution in [3.05, 3.63) is 57.3 Å². The summed E-state index contributed by atoms with van der Waals surface area (Å²) in [5, 5.41) is 11.9. The molecule has 2 heterocycles. The molecule has 7 nitrogen and oxygen atoms in total. The standard InChI is InChI=1S/C17H17Cl2FN6O/c1-10-16(19)11(2)26(23-10)7-6-15(27)22-17-21-9-25(24-17)8-12-13(18)4-3-5-14(12)20/h3-5,9H,6-8H2,1-2H3,(H,22,24,27). The Balaban J connectivity index is 1.58. The quantitative estimate of drug-likeness (QED) is 0.672. The van der Waals surface area contributed by atoms with Crippen molar-refractivity contribution < 1.29 is 9.18 Å². The number of amides is 1. The molecule has 1 aromatic carbocycles. The van der Waals surface area contributed by atoms with E-state index in [0.717, 1.165) is 11.4 Å². The number of rotatable bonds is 6. The van der Waals surface area contributed by atoms with Gasteiger partial charge in [-0.05, 0) is 26.0 Å². The summed E-state index contributed by atoms with van der Waals surface area (Å²) in [7, 11) is 0. The van der Waals surface area contributed by atoms with Crippen molar-refractivity contribution >= 4 is 35.1 Å². The predicted octanol–water partition coefficient (Wildman–Crippen LogP) is 3.61. The van der Waals surface area contributed by atoms with Gasteiger partial charge in [0.1, 0.15) is 12.1 Å². The lowest BCUT2D eigenvalue weighted by molar-refractivity contribution is -0.116. The lowest BCUT2D eigenvalue weighted by Gasteiger charge is -2.05. The Bertz CT molecular complexity index is 964. The SMILES string of the molecule is Cc1nn(CCC(=O)Nc2ncn(Cc3c(F)cccc3Cl)n2)c(C)c1Cl. The van der Waals surface area contributed by atoms with E-state index < -0.39 is 5.82 Å². The predicted molar refractivity (Wildman–Crippen MR) is 100 cm³/mol. The van der Waals surface area contributed by atoms with Gasteiger partial charge in [-0.15, -0.1) is 5.10 Å². The Morgan fingerprint density at radius 1 is 1.26 bits per heavy atom. The summed E-state index contributed by atoms with van der Waals surface area (Å²) >= 11 is 12.1. The first kappa shape index (κ1) is 19.3. The number of carbonyl (C=O) groups excluding carboxylic acids is 1. The van der Waals surface area contributed by atoms with Crippen LogP contribution in [0.25, 0.3) is 0 Å². The molecule has 0 spiro atoms. The number of halogens is 3. The monoisotopic (exact) mass is 410 g/mol. The molecule has 27 heavy (non-hydrogen) atoms. The van der Waals surface area contributed by atoms with Gasteiger partial charge in [0.25, 0.3) is 0 Å². The molecule has 0 unspecified atom stereocenters. The highest BCUT2D eigenvalue weighted by Gasteiger charge is 2.13. The number of anilines is 1. The van der Waals surface area contributed by atoms with E-state index in [2.05, 4.69) is 20.5 Å². The third-order valence-corrected chi connectivity index (χ3v) is 4.91. The van der Waals surface area contributed by atoms with Gasteiger partial charge in [0, 0.05) is 17.0 Å². The van der Waals surface area contributed by atoms with E-state index in [-0.39, 0.29) is 24.8 Å². The molecule has 3 rings (SSSR count). The summed E-state index contributed by atoms with van der Waals surface area (Å²) in [6.07, 6.45) is 1.59. The van der Waals surface area contributed by atoms with Crippen LogP contribution in [0.2, 0.25) is 10.0 Å². The molecule has 0 aliphatic rings. The van der Waals surface area contributed by atoms with E-state index in [4.69, 9.17) is 23.2 Å². The highest BCUT2D eigenvalue weighted by molar-refractivity contribution is 6.32. The van der Waals surface area contributed by atoms with E-state index >= 15 is 0 Å². The molecule has 1 amide bonds. The Kier molecular flexibility index (Phi) is 5.76. The number of benzene rings is 1. The zero-order valence-corrected chi connectivity index (χ0v) is 16.2. The third-order valence-electron chi connectivity index (χ3n) is 4.01. The topological polar surface area (TPSA) is 77.6 Å². The minimum atomic E-state index is -0.424. The van der Waals surface area contributed by atoms with Gasteiger partial charge < -0.3 is 0 Å². The minimum Gasteiger partial charge on any atom is -0.293 e. The number of carbonyl (C=O) groups is 1. The molecule has 142 valence electrons. The molecule has 0 bridgehead atoms. The number of nitrogens with zero attached hydrogens (tertiary/aromatic N) is 5. The number of nitrogens with one attached hydrogen (secondary N) is 1. The summed E-state index contributed by atoms with van der Waals surface area (Å²) in [5.74, 6) is -0.550. The molecule has 1 N–H and O–H groups in total. The average Bonchev–Trinajstić information content (AvgIpc) is 3.16. The molecule has 0 aliphatic heterocycles. The third kappa shape index (κ3) is 4.45. The van der Waals surface area contributed by atoms with Gasteiger partial charge in [-0.1, -0.05) is 29.3 Å². The molecule has 0 fully saturated rings. The maximum Gasteiger partial charge on any atom is 0.248 e. The number of aryl methyl sites for hydroxylation is 2. The molecule has 3 aromatic rings. The smallest absolute Gasteiger partial charge is 0.248 e. The molecule has 0 saturated heterocycles. The summed E-state index contributed by atoms with van der Waals surface area (Å²) < 4.78 is 16.9. The Morgan fingerprint density at radius 2 is 2.04 bits per heavy atom. The van der Waals surface area contributed by atoms with Gasteiger partial charge >= 0.3 is 0 Å². The van der Waals surface area contributed by atoms with Crippen LogP contribution in [0.1, 0.15) is 23.4 Å². The van der Waals surface area contributed by atoms with E-state index in [1.807, 2.05) is 13.8 Å². The first-order chi connectivity index (χ1) is 12.8. The van der Waals surface area contributed by atoms with Gasteiger partial charge in [0.2, 0.25) is 11.9 Å². The minimum absolute atomic E-state index is 0.110. The summed E-state index contributed by atoms with van der Waals surface area (Å²) in [6, 6.07) is 4.46. The fourth-order valence-electron chi connectivity index (χ4n) is 2.56. The second-order valence-corrected chi connectivity index (χ2v) is 6.76. The molecule has 0 aliphatic carbocycles. The number of hydrogen-bond acceptors (Lipinski definition) is 4. The second kappa shape index (κ2) is 8.06. The summed E-state index contributed by atoms with van der Waals surface area (Å²) in [5.41, 5.74) is 1.84. The van der Waals surface area contributed by atoms with Crippen LogP contribution in [0, 0.1) is 19.7 Å². The van der Waals surface area contributed by atoms with Crippen LogP contribution in [-0.2, 0) is 17.9 Å². The number of hydrogen-bond donors (Lipinski definition) is 1. The molecular formula is C17H17Cl2FN6O. The fraction of sp³-hybridized carbons (Fsp3) is 0.294. The fourth-order valence-corrected chi connectivity index (χ4v) is 2.92. The Labute approximate surface area is 165 Å². The van der Waals surface area contributed by atoms with Crippen LogP contribution in [-0.4, -0.2) is 30.5 Å². The van der Waals surface area contributed by atoms with E-state index in [1.54, 1.807) is 10.7 Å². The largest absolute Gasteiger partial charge is 0.293 e. The van der Waals surface area contributed by atoms with E-state index in [0.29, 0.717) is 22.2 Å². The first-order valence-electron chi connectivity index (χ1n) is 8.17. The number of aromatic nitrogens is 5. The van der Waals surface area contributed by atoms with Crippen LogP contribution >= 0.6 is 23.2 Å². The zero-order chi connectivity index (χ0) is 19.6. The van der Waals surface area contributed by atoms with Gasteiger partial charge in [-0.3, -0.25) is 14.8 Å². The van der Waals surface area contributed by atoms with Gasteiger partial charge in [0.15, 0.2) is 0 Å². The van der Waals surface area contributed by atoms with E-state index in [1.165, 1.54) is 23.1 Å². The van der Waals surface area contributed by atoms with Gasteiger partial charge in [0.05, 0.1) is 29.5 Å². The van der Waals surface area contributed by atoms with Crippen molar-refractivity contribution in [1.82, 2.24) is 24.5 Å². The van der Waals surface area contributed by atoms with Gasteiger partial charge in [-0.25, -0.2) is 14.1 Å². The highest BCUT2D eigenvalue weighted by Crippen LogP contribution is 2.20. The Morgan fingerprint density at radius 3 is 2.70 bits per heavy atom. The van der Waals surface area contributed by atoms with Crippen LogP contribution < -0.4 is 5.32 Å². The highest BCUT2D eigenvalue weighted by atomic mass is 35.5. The summed E-state index contributed by atoms with van der Waals surface area (Å²) in [6.45, 7) is 4.15. The first-order valence-corrected chi connectivity index (χ1v) is 8.92. The van der Waals surface area contributed by atoms with Crippen molar-refractivity contribution in [2.24, 2.45) is 0 Å². The molecule has 0 radical (unpaired) electrons. The van der Waals surface area contributed by atoms with Crippen molar-refractivity contribution in [2.75, 3.05) is 5.32 Å². The van der Waals surface area contributed by atoms with E-state index in [9.17, 15) is 9.18 Å². The van der Waals surface area contributed by atoms with Gasteiger partial charge in [-0.2, -0.15) is 5.10 Å². The van der Waals surface area contributed by atoms with Crippen LogP contribution in [0.15, 0.2) is 24.5 Å². The van der Waals surface area contributed by atoms with Crippen molar-refractivity contribution in [2.45, 2.75) is 33.4 Å². The normalized spacial score (nSPS) is 11.0. The maximum atomic E-state index is 13.8. The molecular weight excluding hydrogens is 394 g/mol. The molecule has 0 atom stereocenters. The Hall–Kier alpha value is -2.45.